The molecule has 2 aromatic carbocycles. The first-order valence-corrected chi connectivity index (χ1v) is 12.5. The maximum absolute atomic E-state index is 14.0. The van der Waals surface area contributed by atoms with Crippen LogP contribution < -0.4 is 10.1 Å². The number of pyridine rings is 1. The highest BCUT2D eigenvalue weighted by molar-refractivity contribution is 5.86. The van der Waals surface area contributed by atoms with Crippen molar-refractivity contribution < 1.29 is 14.2 Å². The number of hydrogen-bond donors (Lipinski definition) is 2. The molecule has 4 heterocycles. The Balaban J connectivity index is 1.33. The van der Waals surface area contributed by atoms with Gasteiger partial charge in [0.15, 0.2) is 22.8 Å². The first kappa shape index (κ1) is 23.8. The summed E-state index contributed by atoms with van der Waals surface area (Å²) in [6, 6.07) is 15.5. The van der Waals surface area contributed by atoms with Gasteiger partial charge in [0, 0.05) is 23.9 Å². The van der Waals surface area contributed by atoms with Gasteiger partial charge in [-0.25, -0.2) is 14.4 Å². The smallest absolute Gasteiger partial charge is 0.299 e. The van der Waals surface area contributed by atoms with E-state index in [-0.39, 0.29) is 11.3 Å². The van der Waals surface area contributed by atoms with Gasteiger partial charge in [-0.3, -0.25) is 9.55 Å². The number of anilines is 1. The summed E-state index contributed by atoms with van der Waals surface area (Å²) in [6.45, 7) is 7.18. The van der Waals surface area contributed by atoms with Crippen molar-refractivity contribution in [1.29, 1.82) is 0 Å². The van der Waals surface area contributed by atoms with E-state index in [2.05, 4.69) is 29.1 Å². The fraction of sp³-hybridized carbons (Fsp3) is 0.241. The van der Waals surface area contributed by atoms with Crippen molar-refractivity contribution in [1.82, 2.24) is 24.5 Å². The summed E-state index contributed by atoms with van der Waals surface area (Å²) in [5.74, 6) is 0.675. The maximum atomic E-state index is 14.0. The summed E-state index contributed by atoms with van der Waals surface area (Å²) in [4.78, 5) is 18.1. The number of phenolic OH excluding ortho intramolecular Hbond substituents is 1. The molecule has 8 nitrogen and oxygen atoms in total. The lowest BCUT2D eigenvalue weighted by Gasteiger charge is -2.18. The molecule has 0 saturated carbocycles. The van der Waals surface area contributed by atoms with Crippen LogP contribution in [0.2, 0.25) is 0 Å². The zero-order chi connectivity index (χ0) is 26.4. The third kappa shape index (κ3) is 4.19. The van der Waals surface area contributed by atoms with E-state index >= 15 is 0 Å². The lowest BCUT2D eigenvalue weighted by molar-refractivity contribution is 0.268. The Hall–Kier alpha value is -4.53. The standard InChI is InChI=1S/C29H27FN6O2/c1-17-6-4-5-7-21(17)22-12-18(8-9-23(22)37)10-11-32-26-24-27(36-28(33-24)38-16-29(36,2)3)35-25(34-26)19-13-20(30)15-31-14-19/h4-9,12-15,37H,10-11,16H2,1-3H3,(H,32,34,35). The van der Waals surface area contributed by atoms with E-state index in [1.165, 1.54) is 6.07 Å². The second-order valence-corrected chi connectivity index (χ2v) is 10.1. The third-order valence-corrected chi connectivity index (χ3v) is 6.80. The van der Waals surface area contributed by atoms with Gasteiger partial charge in [0.05, 0.1) is 11.7 Å². The Bertz CT molecular complexity index is 1680. The Kier molecular flexibility index (Phi) is 5.71. The zero-order valence-electron chi connectivity index (χ0n) is 21.4. The van der Waals surface area contributed by atoms with Crippen LogP contribution in [-0.4, -0.2) is 42.8 Å². The molecule has 9 heteroatoms. The van der Waals surface area contributed by atoms with Crippen LogP contribution in [-0.2, 0) is 12.0 Å². The first-order chi connectivity index (χ1) is 18.3. The molecule has 0 radical (unpaired) electrons. The van der Waals surface area contributed by atoms with E-state index in [1.54, 1.807) is 12.3 Å². The number of hydrogen-bond acceptors (Lipinski definition) is 7. The van der Waals surface area contributed by atoms with Crippen molar-refractivity contribution in [3.05, 3.63) is 77.9 Å². The number of halogens is 1. The highest BCUT2D eigenvalue weighted by atomic mass is 19.1. The number of fused-ring (bicyclic) bond motifs is 3. The molecule has 192 valence electrons. The van der Waals surface area contributed by atoms with Crippen molar-refractivity contribution in [3.8, 4) is 34.3 Å². The fourth-order valence-corrected chi connectivity index (χ4v) is 4.83. The fourth-order valence-electron chi connectivity index (χ4n) is 4.83. The number of rotatable bonds is 6. The predicted octanol–water partition coefficient (Wildman–Crippen LogP) is 5.49. The molecule has 3 aromatic heterocycles. The minimum Gasteiger partial charge on any atom is -0.507 e. The van der Waals surface area contributed by atoms with Gasteiger partial charge < -0.3 is 15.2 Å². The maximum Gasteiger partial charge on any atom is 0.299 e. The molecule has 5 aromatic rings. The SMILES string of the molecule is Cc1ccccc1-c1cc(CCNc2nc(-c3cncc(F)c3)nc3c2nc2n3C(C)(C)CO2)ccc1O. The van der Waals surface area contributed by atoms with Gasteiger partial charge in [-0.1, -0.05) is 30.3 Å². The van der Waals surface area contributed by atoms with E-state index in [0.29, 0.717) is 54.0 Å². The van der Waals surface area contributed by atoms with E-state index in [1.807, 2.05) is 47.9 Å². The van der Waals surface area contributed by atoms with Crippen LogP contribution in [0.3, 0.4) is 0 Å². The average molecular weight is 511 g/mol. The molecule has 2 N–H and O–H groups in total. The molecule has 0 aliphatic carbocycles. The van der Waals surface area contributed by atoms with Gasteiger partial charge in [0.1, 0.15) is 18.2 Å². The molecule has 0 fully saturated rings. The molecule has 1 aliphatic rings. The number of phenols is 1. The van der Waals surface area contributed by atoms with E-state index in [4.69, 9.17) is 14.7 Å². The van der Waals surface area contributed by atoms with Crippen molar-refractivity contribution in [2.24, 2.45) is 0 Å². The van der Waals surface area contributed by atoms with Crippen LogP contribution in [0.25, 0.3) is 33.7 Å². The largest absolute Gasteiger partial charge is 0.507 e. The van der Waals surface area contributed by atoms with Crippen LogP contribution in [0.5, 0.6) is 11.8 Å². The van der Waals surface area contributed by atoms with Gasteiger partial charge in [0.2, 0.25) is 0 Å². The number of nitrogens with one attached hydrogen (secondary N) is 1. The predicted molar refractivity (Wildman–Crippen MR) is 144 cm³/mol. The molecule has 0 amide bonds. The number of nitrogens with zero attached hydrogens (tertiary/aromatic N) is 5. The summed E-state index contributed by atoms with van der Waals surface area (Å²) < 4.78 is 21.7. The Labute approximate surface area is 219 Å². The number of aromatic hydroxyl groups is 1. The van der Waals surface area contributed by atoms with Crippen molar-refractivity contribution >= 4 is 17.0 Å². The van der Waals surface area contributed by atoms with Crippen molar-refractivity contribution in [2.75, 3.05) is 18.5 Å². The Morgan fingerprint density at radius 1 is 1.05 bits per heavy atom. The minimum atomic E-state index is -0.459. The molecule has 0 atom stereocenters. The quantitative estimate of drug-likeness (QED) is 0.312. The molecule has 1 aliphatic heterocycles. The molecule has 6 rings (SSSR count). The van der Waals surface area contributed by atoms with Crippen LogP contribution in [0.15, 0.2) is 60.9 Å². The van der Waals surface area contributed by atoms with Crippen LogP contribution in [0, 0.1) is 12.7 Å². The number of imidazole rings is 1. The monoisotopic (exact) mass is 510 g/mol. The van der Waals surface area contributed by atoms with Gasteiger partial charge in [-0.05, 0) is 62.1 Å². The third-order valence-electron chi connectivity index (χ3n) is 6.80. The molecule has 0 unspecified atom stereocenters. The molecular weight excluding hydrogens is 483 g/mol. The second kappa shape index (κ2) is 9.09. The van der Waals surface area contributed by atoms with Gasteiger partial charge in [-0.15, -0.1) is 0 Å². The minimum absolute atomic E-state index is 0.247. The lowest BCUT2D eigenvalue weighted by Crippen LogP contribution is -2.25. The van der Waals surface area contributed by atoms with Crippen LogP contribution >= 0.6 is 0 Å². The highest BCUT2D eigenvalue weighted by Gasteiger charge is 2.36. The molecule has 38 heavy (non-hydrogen) atoms. The Morgan fingerprint density at radius 2 is 1.89 bits per heavy atom. The number of ether oxygens (including phenoxy) is 1. The topological polar surface area (TPSA) is 98.0 Å². The van der Waals surface area contributed by atoms with Gasteiger partial charge >= 0.3 is 0 Å². The summed E-state index contributed by atoms with van der Waals surface area (Å²) in [7, 11) is 0. The summed E-state index contributed by atoms with van der Waals surface area (Å²) in [5.41, 5.74) is 5.30. The molecule has 0 spiro atoms. The second-order valence-electron chi connectivity index (χ2n) is 10.1. The number of aryl methyl sites for hydroxylation is 1. The summed E-state index contributed by atoms with van der Waals surface area (Å²) in [5, 5.41) is 13.9. The van der Waals surface area contributed by atoms with E-state index in [0.717, 1.165) is 28.5 Å². The van der Waals surface area contributed by atoms with Crippen molar-refractivity contribution in [3.63, 3.8) is 0 Å². The van der Waals surface area contributed by atoms with Crippen LogP contribution in [0.4, 0.5) is 10.2 Å². The summed E-state index contributed by atoms with van der Waals surface area (Å²) in [6.07, 6.45) is 3.37. The normalized spacial score (nSPS) is 13.9. The number of aromatic nitrogens is 5. The van der Waals surface area contributed by atoms with Crippen LogP contribution in [0.1, 0.15) is 25.0 Å². The Morgan fingerprint density at radius 3 is 2.71 bits per heavy atom. The molecule has 0 bridgehead atoms. The van der Waals surface area contributed by atoms with Gasteiger partial charge in [-0.2, -0.15) is 4.98 Å². The van der Waals surface area contributed by atoms with Crippen molar-refractivity contribution in [2.45, 2.75) is 32.7 Å². The lowest BCUT2D eigenvalue weighted by atomic mass is 9.97. The highest BCUT2D eigenvalue weighted by Crippen LogP contribution is 2.37. The average Bonchev–Trinajstić information content (AvgIpc) is 3.42. The number of benzene rings is 2. The van der Waals surface area contributed by atoms with E-state index in [9.17, 15) is 9.50 Å². The first-order valence-electron chi connectivity index (χ1n) is 12.5. The van der Waals surface area contributed by atoms with Gasteiger partial charge in [0.25, 0.3) is 6.01 Å². The summed E-state index contributed by atoms with van der Waals surface area (Å²) >= 11 is 0. The van der Waals surface area contributed by atoms with E-state index < -0.39 is 5.82 Å². The molecular formula is C29H27FN6O2. The zero-order valence-corrected chi connectivity index (χ0v) is 21.4. The molecule has 0 saturated heterocycles.